The zero-order valence-electron chi connectivity index (χ0n) is 16.3. The average Bonchev–Trinajstić information content (AvgIpc) is 2.65. The quantitative estimate of drug-likeness (QED) is 0.622. The number of carbonyl (C=O) groups excluding carboxylic acids is 1. The molecule has 1 aromatic carbocycles. The lowest BCUT2D eigenvalue weighted by atomic mass is 10.00. The molecule has 0 atom stereocenters. The van der Waals surface area contributed by atoms with Crippen LogP contribution in [0.5, 0.6) is 0 Å². The van der Waals surface area contributed by atoms with Crippen molar-refractivity contribution in [3.05, 3.63) is 29.8 Å². The fraction of sp³-hybridized carbons (Fsp3) is 0.619. The van der Waals surface area contributed by atoms with E-state index in [4.69, 9.17) is 0 Å². The van der Waals surface area contributed by atoms with E-state index in [1.165, 1.54) is 57.1 Å². The van der Waals surface area contributed by atoms with Crippen molar-refractivity contribution in [3.63, 3.8) is 0 Å². The number of nitrogens with zero attached hydrogens (tertiary/aromatic N) is 1. The van der Waals surface area contributed by atoms with Crippen LogP contribution in [0.25, 0.3) is 0 Å². The molecule has 1 saturated carbocycles. The van der Waals surface area contributed by atoms with Gasteiger partial charge in [-0.3, -0.25) is 4.79 Å². The van der Waals surface area contributed by atoms with Crippen LogP contribution in [0.15, 0.2) is 29.4 Å². The summed E-state index contributed by atoms with van der Waals surface area (Å²) in [5.74, 6) is -0.365. The summed E-state index contributed by atoms with van der Waals surface area (Å²) in [6, 6.07) is 4.81. The molecule has 0 aliphatic heterocycles. The second-order valence-corrected chi connectivity index (χ2v) is 7.33. The molecule has 0 aromatic heterocycles. The molecular weight excluding hydrogens is 367 g/mol. The fourth-order valence-corrected chi connectivity index (χ4v) is 3.30. The molecule has 1 fully saturated rings. The third-order valence-corrected chi connectivity index (χ3v) is 4.91. The molecule has 0 radical (unpaired) electrons. The van der Waals surface area contributed by atoms with E-state index in [-0.39, 0.29) is 18.1 Å². The minimum atomic E-state index is -4.40. The molecule has 1 aromatic rings. The van der Waals surface area contributed by atoms with Gasteiger partial charge in [-0.05, 0) is 43.9 Å². The number of anilines is 1. The third-order valence-electron chi connectivity index (χ3n) is 4.91. The highest BCUT2D eigenvalue weighted by atomic mass is 19.4. The van der Waals surface area contributed by atoms with E-state index in [0.717, 1.165) is 43.5 Å². The molecule has 0 saturated heterocycles. The number of rotatable bonds is 4. The minimum absolute atomic E-state index is 0.127. The van der Waals surface area contributed by atoms with Gasteiger partial charge in [0.1, 0.15) is 0 Å². The maximum Gasteiger partial charge on any atom is 0.416 e. The Hall–Kier alpha value is -2.05. The molecule has 156 valence electrons. The number of hydrogen-bond donors (Lipinski definition) is 2. The summed E-state index contributed by atoms with van der Waals surface area (Å²) in [6.45, 7) is -0.127. The van der Waals surface area contributed by atoms with Crippen LogP contribution in [0.4, 0.5) is 18.9 Å². The van der Waals surface area contributed by atoms with E-state index in [2.05, 4.69) is 15.8 Å². The Bertz CT molecular complexity index is 630. The first-order chi connectivity index (χ1) is 13.4. The molecule has 1 amide bonds. The summed E-state index contributed by atoms with van der Waals surface area (Å²) >= 11 is 0. The van der Waals surface area contributed by atoms with Gasteiger partial charge in [0, 0.05) is 11.4 Å². The third kappa shape index (κ3) is 8.76. The second kappa shape index (κ2) is 11.7. The van der Waals surface area contributed by atoms with Crippen LogP contribution in [-0.4, -0.2) is 18.2 Å². The van der Waals surface area contributed by atoms with Gasteiger partial charge >= 0.3 is 6.18 Å². The van der Waals surface area contributed by atoms with Crippen molar-refractivity contribution in [1.82, 2.24) is 5.43 Å². The molecule has 0 bridgehead atoms. The highest BCUT2D eigenvalue weighted by Crippen LogP contribution is 2.30. The maximum absolute atomic E-state index is 12.7. The maximum atomic E-state index is 12.7. The topological polar surface area (TPSA) is 53.5 Å². The first kappa shape index (κ1) is 22.2. The van der Waals surface area contributed by atoms with Gasteiger partial charge in [0.2, 0.25) is 0 Å². The number of carbonyl (C=O) groups is 1. The fourth-order valence-electron chi connectivity index (χ4n) is 3.30. The Kier molecular flexibility index (Phi) is 9.31. The van der Waals surface area contributed by atoms with Crippen LogP contribution < -0.4 is 10.7 Å². The normalized spacial score (nSPS) is 17.2. The second-order valence-electron chi connectivity index (χ2n) is 7.33. The van der Waals surface area contributed by atoms with Gasteiger partial charge < -0.3 is 5.32 Å². The molecule has 4 nitrogen and oxygen atoms in total. The molecule has 7 heteroatoms. The van der Waals surface area contributed by atoms with Gasteiger partial charge in [0.05, 0.1) is 12.1 Å². The molecule has 2 N–H and O–H groups in total. The van der Waals surface area contributed by atoms with Crippen LogP contribution in [0.3, 0.4) is 0 Å². The zero-order valence-corrected chi connectivity index (χ0v) is 16.3. The lowest BCUT2D eigenvalue weighted by molar-refractivity contribution is -0.137. The lowest BCUT2D eigenvalue weighted by Crippen LogP contribution is -2.27. The van der Waals surface area contributed by atoms with Crippen LogP contribution in [0, 0.1) is 0 Å². The van der Waals surface area contributed by atoms with E-state index in [0.29, 0.717) is 0 Å². The summed E-state index contributed by atoms with van der Waals surface area (Å²) in [5, 5.41) is 7.00. The molecule has 1 aliphatic rings. The van der Waals surface area contributed by atoms with Crippen LogP contribution >= 0.6 is 0 Å². The zero-order chi connectivity index (χ0) is 20.2. The highest BCUT2D eigenvalue weighted by molar-refractivity contribution is 5.87. The molecule has 0 heterocycles. The van der Waals surface area contributed by atoms with Gasteiger partial charge in [0.15, 0.2) is 0 Å². The van der Waals surface area contributed by atoms with E-state index >= 15 is 0 Å². The highest BCUT2D eigenvalue weighted by Gasteiger charge is 2.30. The van der Waals surface area contributed by atoms with Crippen LogP contribution in [0.1, 0.15) is 76.2 Å². The Balaban J connectivity index is 1.81. The van der Waals surface area contributed by atoms with Crippen molar-refractivity contribution in [2.75, 3.05) is 11.9 Å². The predicted octanol–water partition coefficient (Wildman–Crippen LogP) is 5.89. The summed E-state index contributed by atoms with van der Waals surface area (Å²) < 4.78 is 38.2. The summed E-state index contributed by atoms with van der Waals surface area (Å²) in [7, 11) is 0. The summed E-state index contributed by atoms with van der Waals surface area (Å²) in [5.41, 5.74) is 3.06. The van der Waals surface area contributed by atoms with Gasteiger partial charge in [-0.1, -0.05) is 51.0 Å². The van der Waals surface area contributed by atoms with E-state index in [1.807, 2.05) is 0 Å². The number of alkyl halides is 3. The Morgan fingerprint density at radius 3 is 2.07 bits per heavy atom. The first-order valence-electron chi connectivity index (χ1n) is 10.2. The van der Waals surface area contributed by atoms with Crippen molar-refractivity contribution < 1.29 is 18.0 Å². The standard InChI is InChI=1S/C21H30F3N3O/c22-21(23,24)17-11-10-14-19(15-17)25-16-20(28)27-26-18-12-8-6-4-2-1-3-5-7-9-13-18/h10-11,14-15,25H,1-9,12-13,16H2,(H,27,28). The smallest absolute Gasteiger partial charge is 0.376 e. The van der Waals surface area contributed by atoms with Crippen molar-refractivity contribution >= 4 is 17.3 Å². The Labute approximate surface area is 165 Å². The van der Waals surface area contributed by atoms with Crippen LogP contribution in [-0.2, 0) is 11.0 Å². The molecule has 0 spiro atoms. The van der Waals surface area contributed by atoms with E-state index in [1.54, 1.807) is 0 Å². The minimum Gasteiger partial charge on any atom is -0.376 e. The number of nitrogens with one attached hydrogen (secondary N) is 2. The monoisotopic (exact) mass is 397 g/mol. The first-order valence-corrected chi connectivity index (χ1v) is 10.2. The van der Waals surface area contributed by atoms with Crippen molar-refractivity contribution in [3.8, 4) is 0 Å². The van der Waals surface area contributed by atoms with Crippen molar-refractivity contribution in [2.45, 2.75) is 76.8 Å². The molecule has 2 rings (SSSR count). The summed E-state index contributed by atoms with van der Waals surface area (Å²) in [4.78, 5) is 12.0. The van der Waals surface area contributed by atoms with Crippen molar-refractivity contribution in [1.29, 1.82) is 0 Å². The summed E-state index contributed by atoms with van der Waals surface area (Å²) in [6.07, 6.45) is 8.33. The number of benzene rings is 1. The van der Waals surface area contributed by atoms with Gasteiger partial charge in [-0.25, -0.2) is 5.43 Å². The van der Waals surface area contributed by atoms with Crippen molar-refractivity contribution in [2.24, 2.45) is 5.10 Å². The predicted molar refractivity (Wildman–Crippen MR) is 106 cm³/mol. The number of halogens is 3. The Morgan fingerprint density at radius 1 is 0.929 bits per heavy atom. The molecular formula is C21H30F3N3O. The van der Waals surface area contributed by atoms with Crippen LogP contribution in [0.2, 0.25) is 0 Å². The van der Waals surface area contributed by atoms with Gasteiger partial charge in [-0.2, -0.15) is 18.3 Å². The van der Waals surface area contributed by atoms with Gasteiger partial charge in [-0.15, -0.1) is 0 Å². The van der Waals surface area contributed by atoms with E-state index < -0.39 is 11.7 Å². The lowest BCUT2D eigenvalue weighted by Gasteiger charge is -2.11. The number of amides is 1. The Morgan fingerprint density at radius 2 is 1.50 bits per heavy atom. The number of hydrazone groups is 1. The molecule has 0 unspecified atom stereocenters. The molecule has 28 heavy (non-hydrogen) atoms. The molecule has 1 aliphatic carbocycles. The number of hydrogen-bond acceptors (Lipinski definition) is 3. The van der Waals surface area contributed by atoms with E-state index in [9.17, 15) is 18.0 Å². The largest absolute Gasteiger partial charge is 0.416 e. The van der Waals surface area contributed by atoms with Gasteiger partial charge in [0.25, 0.3) is 5.91 Å². The average molecular weight is 397 g/mol. The SMILES string of the molecule is O=C(CNc1cccc(C(F)(F)F)c1)NN=C1CCCCCCCCCCC1.